The lowest BCUT2D eigenvalue weighted by Crippen LogP contribution is -2.46. The molecule has 2 heterocycles. The minimum absolute atomic E-state index is 0.0295. The van der Waals surface area contributed by atoms with E-state index in [4.69, 9.17) is 0 Å². The maximum Gasteiger partial charge on any atom is 0.256 e. The van der Waals surface area contributed by atoms with Crippen molar-refractivity contribution in [3.63, 3.8) is 0 Å². The molecule has 1 saturated heterocycles. The van der Waals surface area contributed by atoms with Crippen LogP contribution in [0.2, 0.25) is 0 Å². The molecule has 1 aliphatic heterocycles. The van der Waals surface area contributed by atoms with E-state index in [1.807, 2.05) is 25.1 Å². The summed E-state index contributed by atoms with van der Waals surface area (Å²) < 4.78 is 13.8. The topological polar surface area (TPSA) is 49.4 Å². The number of halogens is 1. The third kappa shape index (κ3) is 4.58. The molecule has 1 N–H and O–H groups in total. The Kier molecular flexibility index (Phi) is 5.83. The summed E-state index contributed by atoms with van der Waals surface area (Å²) in [4.78, 5) is 28.3. The summed E-state index contributed by atoms with van der Waals surface area (Å²) in [5.74, 6) is -0.919. The van der Waals surface area contributed by atoms with Gasteiger partial charge in [-0.15, -0.1) is 11.3 Å². The number of likely N-dealkylation sites (tertiary alicyclic amines) is 1. The van der Waals surface area contributed by atoms with Crippen molar-refractivity contribution in [3.05, 3.63) is 63.6 Å². The average Bonchev–Trinajstić information content (AvgIpc) is 3.06. The summed E-state index contributed by atoms with van der Waals surface area (Å²) >= 11 is 1.64. The smallest absolute Gasteiger partial charge is 0.256 e. The molecule has 0 saturated carbocycles. The van der Waals surface area contributed by atoms with Crippen LogP contribution in [0.5, 0.6) is 0 Å². The molecule has 6 heteroatoms. The molecule has 2 amide bonds. The van der Waals surface area contributed by atoms with Crippen molar-refractivity contribution in [2.24, 2.45) is 0 Å². The van der Waals surface area contributed by atoms with Gasteiger partial charge in [0.2, 0.25) is 5.91 Å². The molecule has 0 atom stereocenters. The highest BCUT2D eigenvalue weighted by Crippen LogP contribution is 2.17. The first-order valence-corrected chi connectivity index (χ1v) is 9.43. The van der Waals surface area contributed by atoms with E-state index >= 15 is 0 Å². The number of aryl methyl sites for hydroxylation is 1. The van der Waals surface area contributed by atoms with Gasteiger partial charge in [0.25, 0.3) is 5.91 Å². The quantitative estimate of drug-likeness (QED) is 0.833. The van der Waals surface area contributed by atoms with Gasteiger partial charge in [-0.2, -0.15) is 0 Å². The van der Waals surface area contributed by atoms with Gasteiger partial charge in [-0.05, 0) is 50.1 Å². The molecule has 1 aromatic heterocycles. The number of carbonyl (C=O) groups is 2. The molecule has 0 unspecified atom stereocenters. The zero-order valence-electron chi connectivity index (χ0n) is 14.6. The fourth-order valence-corrected chi connectivity index (χ4v) is 3.76. The van der Waals surface area contributed by atoms with Gasteiger partial charge in [0.05, 0.1) is 5.56 Å². The second-order valence-corrected chi connectivity index (χ2v) is 7.66. The molecule has 136 valence electrons. The number of benzene rings is 1. The summed E-state index contributed by atoms with van der Waals surface area (Å²) in [5, 5.41) is 2.97. The summed E-state index contributed by atoms with van der Waals surface area (Å²) in [6.45, 7) is 3.04. The number of thiophene rings is 1. The van der Waals surface area contributed by atoms with Crippen LogP contribution in [-0.2, 0) is 4.79 Å². The molecule has 0 aliphatic carbocycles. The van der Waals surface area contributed by atoms with Crippen molar-refractivity contribution in [2.75, 3.05) is 13.1 Å². The molecule has 0 spiro atoms. The summed E-state index contributed by atoms with van der Waals surface area (Å²) in [7, 11) is 0. The summed E-state index contributed by atoms with van der Waals surface area (Å²) in [5.41, 5.74) is 0.101. The monoisotopic (exact) mass is 372 g/mol. The van der Waals surface area contributed by atoms with Crippen molar-refractivity contribution in [2.45, 2.75) is 25.8 Å². The highest BCUT2D eigenvalue weighted by atomic mass is 32.1. The first-order chi connectivity index (χ1) is 12.5. The molecule has 1 aromatic carbocycles. The van der Waals surface area contributed by atoms with Gasteiger partial charge in [0.1, 0.15) is 5.82 Å². The van der Waals surface area contributed by atoms with E-state index in [1.54, 1.807) is 34.4 Å². The molecule has 0 bridgehead atoms. The highest BCUT2D eigenvalue weighted by Gasteiger charge is 2.25. The van der Waals surface area contributed by atoms with Gasteiger partial charge >= 0.3 is 0 Å². The van der Waals surface area contributed by atoms with E-state index in [0.29, 0.717) is 25.9 Å². The van der Waals surface area contributed by atoms with Gasteiger partial charge in [-0.3, -0.25) is 9.59 Å². The fraction of sp³-hybridized carbons (Fsp3) is 0.300. The van der Waals surface area contributed by atoms with E-state index in [0.717, 1.165) is 4.88 Å². The zero-order valence-corrected chi connectivity index (χ0v) is 15.4. The Balaban J connectivity index is 1.49. The molecular weight excluding hydrogens is 351 g/mol. The van der Waals surface area contributed by atoms with Crippen LogP contribution in [0.15, 0.2) is 42.5 Å². The second kappa shape index (κ2) is 8.27. The van der Waals surface area contributed by atoms with E-state index in [2.05, 4.69) is 5.32 Å². The van der Waals surface area contributed by atoms with Crippen molar-refractivity contribution < 1.29 is 14.0 Å². The predicted molar refractivity (Wildman–Crippen MR) is 102 cm³/mol. The number of amides is 2. The average molecular weight is 372 g/mol. The maximum atomic E-state index is 13.8. The van der Waals surface area contributed by atoms with Crippen molar-refractivity contribution in [1.82, 2.24) is 10.2 Å². The van der Waals surface area contributed by atoms with E-state index in [-0.39, 0.29) is 23.4 Å². The number of hydrogen-bond acceptors (Lipinski definition) is 3. The first-order valence-electron chi connectivity index (χ1n) is 8.62. The SMILES string of the molecule is Cc1ccc(C=CC(=O)NC2CCN(C(=O)c3ccccc3F)CC2)s1. The molecule has 2 aromatic rings. The van der Waals surface area contributed by atoms with Gasteiger partial charge in [-0.1, -0.05) is 12.1 Å². The fourth-order valence-electron chi connectivity index (χ4n) is 2.98. The van der Waals surface area contributed by atoms with Crippen LogP contribution in [0.4, 0.5) is 4.39 Å². The van der Waals surface area contributed by atoms with Crippen molar-refractivity contribution in [1.29, 1.82) is 0 Å². The Labute approximate surface area is 156 Å². The largest absolute Gasteiger partial charge is 0.350 e. The Morgan fingerprint density at radius 1 is 1.19 bits per heavy atom. The molecule has 0 radical (unpaired) electrons. The number of nitrogens with one attached hydrogen (secondary N) is 1. The lowest BCUT2D eigenvalue weighted by atomic mass is 10.0. The van der Waals surface area contributed by atoms with Crippen molar-refractivity contribution >= 4 is 29.2 Å². The van der Waals surface area contributed by atoms with Gasteiger partial charge in [0, 0.05) is 35.0 Å². The number of nitrogens with zero attached hydrogens (tertiary/aromatic N) is 1. The molecular formula is C20H21FN2O2S. The lowest BCUT2D eigenvalue weighted by molar-refractivity contribution is -0.117. The molecule has 1 fully saturated rings. The van der Waals surface area contributed by atoms with Crippen molar-refractivity contribution in [3.8, 4) is 0 Å². The van der Waals surface area contributed by atoms with Crippen LogP contribution in [-0.4, -0.2) is 35.8 Å². The summed E-state index contributed by atoms with van der Waals surface area (Å²) in [6, 6.07) is 10.1. The van der Waals surface area contributed by atoms with Crippen LogP contribution in [0, 0.1) is 12.7 Å². The lowest BCUT2D eigenvalue weighted by Gasteiger charge is -2.32. The maximum absolute atomic E-state index is 13.8. The standard InChI is InChI=1S/C20H21FN2O2S/c1-14-6-7-16(26-14)8-9-19(24)22-15-10-12-23(13-11-15)20(25)17-4-2-3-5-18(17)21/h2-9,15H,10-13H2,1H3,(H,22,24). The van der Waals surface area contributed by atoms with Crippen LogP contribution in [0.1, 0.15) is 33.0 Å². The van der Waals surface area contributed by atoms with Gasteiger partial charge in [0.15, 0.2) is 0 Å². The minimum Gasteiger partial charge on any atom is -0.350 e. The molecule has 1 aliphatic rings. The van der Waals surface area contributed by atoms with Crippen LogP contribution in [0.3, 0.4) is 0 Å². The van der Waals surface area contributed by atoms with E-state index in [9.17, 15) is 14.0 Å². The molecule has 3 rings (SSSR count). The van der Waals surface area contributed by atoms with Gasteiger partial charge < -0.3 is 10.2 Å². The normalized spacial score (nSPS) is 15.4. The van der Waals surface area contributed by atoms with Crippen LogP contribution >= 0.6 is 11.3 Å². The number of hydrogen-bond donors (Lipinski definition) is 1. The van der Waals surface area contributed by atoms with E-state index < -0.39 is 5.82 Å². The molecule has 26 heavy (non-hydrogen) atoms. The summed E-state index contributed by atoms with van der Waals surface area (Å²) in [6.07, 6.45) is 4.68. The van der Waals surface area contributed by atoms with Gasteiger partial charge in [-0.25, -0.2) is 4.39 Å². The van der Waals surface area contributed by atoms with Crippen LogP contribution < -0.4 is 5.32 Å². The Morgan fingerprint density at radius 2 is 1.92 bits per heavy atom. The minimum atomic E-state index is -0.498. The first kappa shape index (κ1) is 18.3. The highest BCUT2D eigenvalue weighted by molar-refractivity contribution is 7.12. The third-order valence-electron chi connectivity index (χ3n) is 4.39. The number of rotatable bonds is 4. The molecule has 4 nitrogen and oxygen atoms in total. The Morgan fingerprint density at radius 3 is 2.58 bits per heavy atom. The Bertz CT molecular complexity index is 823. The van der Waals surface area contributed by atoms with Crippen LogP contribution in [0.25, 0.3) is 6.08 Å². The second-order valence-electron chi connectivity index (χ2n) is 6.34. The third-order valence-corrected chi connectivity index (χ3v) is 5.36. The number of piperidine rings is 1. The van der Waals surface area contributed by atoms with E-state index in [1.165, 1.54) is 17.0 Å². The number of carbonyl (C=O) groups excluding carboxylic acids is 2. The predicted octanol–water partition coefficient (Wildman–Crippen LogP) is 3.63. The Hall–Kier alpha value is -2.47. The zero-order chi connectivity index (χ0) is 18.5.